The van der Waals surface area contributed by atoms with E-state index in [-0.39, 0.29) is 51.7 Å². The minimum atomic E-state index is -4.46. The summed E-state index contributed by atoms with van der Waals surface area (Å²) in [6.45, 7) is 2.23. The summed E-state index contributed by atoms with van der Waals surface area (Å²) >= 11 is 0. The maximum Gasteiger partial charge on any atom is 1.00 e. The van der Waals surface area contributed by atoms with Crippen LogP contribution in [0.2, 0.25) is 0 Å². The van der Waals surface area contributed by atoms with E-state index < -0.39 is 10.1 Å². The molecule has 172 valence electrons. The summed E-state index contributed by atoms with van der Waals surface area (Å²) in [6, 6.07) is 10.7. The quantitative estimate of drug-likeness (QED) is 0.244. The number of unbranched alkanes of at least 4 members (excludes halogenated alkanes) is 10. The van der Waals surface area contributed by atoms with Crippen LogP contribution >= 0.6 is 0 Å². The van der Waals surface area contributed by atoms with E-state index in [9.17, 15) is 18.1 Å². The van der Waals surface area contributed by atoms with E-state index in [0.29, 0.717) is 12.0 Å². The fraction of sp³-hybridized carbons (Fsp3) is 0.520. The van der Waals surface area contributed by atoms with Crippen molar-refractivity contribution in [2.45, 2.75) is 88.9 Å². The normalized spacial score (nSPS) is 11.2. The summed E-state index contributed by atoms with van der Waals surface area (Å²) in [7, 11) is -4.46. The third-order valence-electron chi connectivity index (χ3n) is 5.40. The van der Waals surface area contributed by atoms with Gasteiger partial charge < -0.3 is 9.84 Å². The Hall–Kier alpha value is -1.05. The molecule has 0 radical (unpaired) electrons. The van der Waals surface area contributed by atoms with Gasteiger partial charge in [0.2, 0.25) is 0 Å². The van der Waals surface area contributed by atoms with E-state index >= 15 is 0 Å². The van der Waals surface area contributed by atoms with Gasteiger partial charge in [-0.2, -0.15) is 8.42 Å². The third-order valence-corrected chi connectivity index (χ3v) is 6.38. The van der Waals surface area contributed by atoms with Crippen LogP contribution < -0.4 is 39.4 Å². The second-order valence-corrected chi connectivity index (χ2v) is 9.44. The molecule has 0 aliphatic heterocycles. The minimum absolute atomic E-state index is 0. The number of ether oxygens (including phenoxy) is 1. The van der Waals surface area contributed by atoms with Crippen LogP contribution in [0.15, 0.2) is 47.4 Å². The predicted molar refractivity (Wildman–Crippen MR) is 122 cm³/mol. The van der Waals surface area contributed by atoms with Crippen molar-refractivity contribution in [3.63, 3.8) is 0 Å². The predicted octanol–water partition coefficient (Wildman–Crippen LogP) is 3.66. The second kappa shape index (κ2) is 15.7. The SMILES string of the molecule is CCCCCCCCCCCCCc1cccc(Oc2cccc([O-])c2)c1S(=O)(=O)O.[Na+]. The molecule has 2 rings (SSSR count). The van der Waals surface area contributed by atoms with E-state index in [1.54, 1.807) is 24.3 Å². The van der Waals surface area contributed by atoms with Gasteiger partial charge >= 0.3 is 29.6 Å². The Balaban J connectivity index is 0.00000512. The van der Waals surface area contributed by atoms with Gasteiger partial charge in [0.15, 0.2) is 0 Å². The average Bonchev–Trinajstić information content (AvgIpc) is 2.71. The Morgan fingerprint density at radius 2 is 1.41 bits per heavy atom. The molecule has 0 aromatic heterocycles. The molecule has 0 unspecified atom stereocenters. The third kappa shape index (κ3) is 10.7. The van der Waals surface area contributed by atoms with E-state index in [1.165, 1.54) is 69.6 Å². The van der Waals surface area contributed by atoms with Crippen LogP contribution in [0.4, 0.5) is 0 Å². The molecular weight excluding hydrogens is 435 g/mol. The van der Waals surface area contributed by atoms with Crippen molar-refractivity contribution in [3.05, 3.63) is 48.0 Å². The van der Waals surface area contributed by atoms with Crippen molar-refractivity contribution in [1.29, 1.82) is 0 Å². The summed E-state index contributed by atoms with van der Waals surface area (Å²) in [4.78, 5) is -0.210. The van der Waals surface area contributed by atoms with Crippen LogP contribution in [0.25, 0.3) is 0 Å². The van der Waals surface area contributed by atoms with E-state index in [4.69, 9.17) is 4.74 Å². The standard InChI is InChI=1S/C25H36O5S.Na/c1-2-3-4-5-6-7-8-9-10-11-12-15-21-16-13-19-24(25(21)31(27,28)29)30-23-18-14-17-22(26)20-23;/h13-14,16-20,26H,2-12,15H2,1H3,(H,27,28,29);/q;+1/p-1. The van der Waals surface area contributed by atoms with Crippen molar-refractivity contribution >= 4 is 10.1 Å². The van der Waals surface area contributed by atoms with Crippen LogP contribution in [0, 0.1) is 0 Å². The number of hydrogen-bond acceptors (Lipinski definition) is 4. The van der Waals surface area contributed by atoms with Crippen molar-refractivity contribution < 1.29 is 52.4 Å². The molecule has 0 bridgehead atoms. The van der Waals surface area contributed by atoms with Gasteiger partial charge in [-0.1, -0.05) is 95.4 Å². The number of benzene rings is 2. The first-order valence-corrected chi connectivity index (χ1v) is 12.9. The first kappa shape index (κ1) is 29.0. The maximum absolute atomic E-state index is 12.0. The van der Waals surface area contributed by atoms with E-state index in [1.807, 2.05) is 0 Å². The monoisotopic (exact) mass is 470 g/mol. The largest absolute Gasteiger partial charge is 1.00 e. The smallest absolute Gasteiger partial charge is 0.872 e. The number of aryl methyl sites for hydroxylation is 1. The van der Waals surface area contributed by atoms with Gasteiger partial charge in [0.25, 0.3) is 10.1 Å². The van der Waals surface area contributed by atoms with E-state index in [0.717, 1.165) is 19.3 Å². The zero-order valence-electron chi connectivity index (χ0n) is 19.5. The molecule has 2 aromatic rings. The first-order valence-electron chi connectivity index (χ1n) is 11.5. The van der Waals surface area contributed by atoms with Crippen LogP contribution in [0.5, 0.6) is 17.2 Å². The molecule has 0 amide bonds. The molecule has 1 N–H and O–H groups in total. The summed E-state index contributed by atoms with van der Waals surface area (Å²) in [5.74, 6) is 0.0425. The van der Waals surface area contributed by atoms with Gasteiger partial charge in [0.05, 0.1) is 0 Å². The first-order chi connectivity index (χ1) is 14.9. The molecule has 0 aliphatic carbocycles. The molecule has 32 heavy (non-hydrogen) atoms. The van der Waals surface area contributed by atoms with Crippen LogP contribution in [-0.2, 0) is 16.5 Å². The Kier molecular flexibility index (Phi) is 14.2. The van der Waals surface area contributed by atoms with Crippen LogP contribution in [0.3, 0.4) is 0 Å². The van der Waals surface area contributed by atoms with Gasteiger partial charge in [0.1, 0.15) is 16.4 Å². The Bertz CT molecular complexity index is 899. The van der Waals surface area contributed by atoms with Crippen LogP contribution in [-0.4, -0.2) is 13.0 Å². The Morgan fingerprint density at radius 3 is 1.97 bits per heavy atom. The summed E-state index contributed by atoms with van der Waals surface area (Å²) < 4.78 is 39.5. The molecule has 0 spiro atoms. The minimum Gasteiger partial charge on any atom is -0.872 e. The zero-order chi connectivity index (χ0) is 22.5. The van der Waals surface area contributed by atoms with Gasteiger partial charge in [-0.3, -0.25) is 4.55 Å². The molecular formula is C25H35NaO5S. The number of hydrogen-bond donors (Lipinski definition) is 1. The van der Waals surface area contributed by atoms with Gasteiger partial charge in [-0.05, 0) is 36.6 Å². The molecule has 0 atom stereocenters. The second-order valence-electron chi connectivity index (χ2n) is 8.08. The molecule has 0 saturated carbocycles. The Labute approximate surface area is 215 Å². The molecule has 5 nitrogen and oxygen atoms in total. The summed E-state index contributed by atoms with van der Waals surface area (Å²) in [5, 5.41) is 11.5. The van der Waals surface area contributed by atoms with Gasteiger partial charge in [-0.15, -0.1) is 5.75 Å². The number of rotatable bonds is 15. The zero-order valence-corrected chi connectivity index (χ0v) is 22.3. The van der Waals surface area contributed by atoms with Crippen molar-refractivity contribution in [1.82, 2.24) is 0 Å². The molecule has 0 heterocycles. The van der Waals surface area contributed by atoms with E-state index in [2.05, 4.69) is 6.92 Å². The van der Waals surface area contributed by atoms with Crippen LogP contribution in [0.1, 0.15) is 83.1 Å². The molecule has 0 aliphatic rings. The summed E-state index contributed by atoms with van der Waals surface area (Å²) in [6.07, 6.45) is 13.9. The maximum atomic E-state index is 12.0. The van der Waals surface area contributed by atoms with Gasteiger partial charge in [0, 0.05) is 0 Å². The molecule has 0 saturated heterocycles. The van der Waals surface area contributed by atoms with Crippen molar-refractivity contribution in [3.8, 4) is 17.2 Å². The molecule has 7 heteroatoms. The average molecular weight is 471 g/mol. The summed E-state index contributed by atoms with van der Waals surface area (Å²) in [5.41, 5.74) is 0.536. The Morgan fingerprint density at radius 1 is 0.844 bits per heavy atom. The molecule has 2 aromatic carbocycles. The van der Waals surface area contributed by atoms with Crippen molar-refractivity contribution in [2.75, 3.05) is 0 Å². The fourth-order valence-corrected chi connectivity index (χ4v) is 4.64. The fourth-order valence-electron chi connectivity index (χ4n) is 3.78. The van der Waals surface area contributed by atoms with Crippen molar-refractivity contribution in [2.24, 2.45) is 0 Å². The topological polar surface area (TPSA) is 86.7 Å². The van der Waals surface area contributed by atoms with Gasteiger partial charge in [-0.25, -0.2) is 0 Å². The molecule has 0 fully saturated rings.